The summed E-state index contributed by atoms with van der Waals surface area (Å²) < 4.78 is 11.3. The van der Waals surface area contributed by atoms with Crippen LogP contribution in [0.4, 0.5) is 5.69 Å². The molecule has 0 spiro atoms. The van der Waals surface area contributed by atoms with E-state index in [2.05, 4.69) is 61.2 Å². The molecule has 162 valence electrons. The molecule has 0 N–H and O–H groups in total. The number of nitrogens with zero attached hydrogens (tertiary/aromatic N) is 2. The summed E-state index contributed by atoms with van der Waals surface area (Å²) in [4.78, 5) is 16.6. The quantitative estimate of drug-likeness (QED) is 0.577. The first kappa shape index (κ1) is 22.2. The van der Waals surface area contributed by atoms with E-state index in [1.165, 1.54) is 11.3 Å². The van der Waals surface area contributed by atoms with Gasteiger partial charge < -0.3 is 19.3 Å². The first-order valence-electron chi connectivity index (χ1n) is 10.9. The van der Waals surface area contributed by atoms with Gasteiger partial charge in [0.15, 0.2) is 0 Å². The number of morpholine rings is 1. The van der Waals surface area contributed by atoms with Gasteiger partial charge >= 0.3 is 0 Å². The lowest BCUT2D eigenvalue weighted by Gasteiger charge is -2.29. The van der Waals surface area contributed by atoms with Crippen LogP contribution in [0.3, 0.4) is 0 Å². The zero-order chi connectivity index (χ0) is 21.3. The van der Waals surface area contributed by atoms with Crippen LogP contribution in [0, 0.1) is 13.8 Å². The van der Waals surface area contributed by atoms with Crippen molar-refractivity contribution in [2.24, 2.45) is 0 Å². The molecule has 5 nitrogen and oxygen atoms in total. The lowest BCUT2D eigenvalue weighted by molar-refractivity contribution is -0.130. The average Bonchev–Trinajstić information content (AvgIpc) is 2.76. The first-order chi connectivity index (χ1) is 14.5. The average molecular weight is 411 g/mol. The minimum atomic E-state index is 0.180. The Morgan fingerprint density at radius 1 is 1.07 bits per heavy atom. The Morgan fingerprint density at radius 3 is 2.53 bits per heavy atom. The Kier molecular flexibility index (Phi) is 8.14. The van der Waals surface area contributed by atoms with E-state index in [1.807, 2.05) is 11.9 Å². The monoisotopic (exact) mass is 410 g/mol. The number of ether oxygens (including phenoxy) is 2. The van der Waals surface area contributed by atoms with Crippen LogP contribution in [0.25, 0.3) is 0 Å². The molecule has 1 saturated heterocycles. The van der Waals surface area contributed by atoms with Gasteiger partial charge in [0.2, 0.25) is 5.91 Å². The van der Waals surface area contributed by atoms with Gasteiger partial charge in [-0.05, 0) is 61.6 Å². The minimum absolute atomic E-state index is 0.180. The molecule has 30 heavy (non-hydrogen) atoms. The number of benzene rings is 2. The Balaban J connectivity index is 1.36. The fourth-order valence-electron chi connectivity index (χ4n) is 3.61. The maximum Gasteiger partial charge on any atom is 0.222 e. The van der Waals surface area contributed by atoms with Crippen LogP contribution in [0.2, 0.25) is 0 Å². The zero-order valence-corrected chi connectivity index (χ0v) is 18.5. The van der Waals surface area contributed by atoms with Gasteiger partial charge in [-0.2, -0.15) is 0 Å². The molecule has 0 unspecified atom stereocenters. The fraction of sp³-hybridized carbons (Fsp3) is 0.480. The summed E-state index contributed by atoms with van der Waals surface area (Å²) in [6.45, 7) is 8.85. The molecule has 0 atom stereocenters. The van der Waals surface area contributed by atoms with Crippen LogP contribution in [0.1, 0.15) is 36.0 Å². The van der Waals surface area contributed by atoms with Crippen LogP contribution in [0.15, 0.2) is 42.5 Å². The van der Waals surface area contributed by atoms with Crippen LogP contribution in [0.5, 0.6) is 5.75 Å². The zero-order valence-electron chi connectivity index (χ0n) is 18.5. The molecule has 1 heterocycles. The van der Waals surface area contributed by atoms with Gasteiger partial charge in [-0.15, -0.1) is 0 Å². The van der Waals surface area contributed by atoms with Crippen molar-refractivity contribution in [1.82, 2.24) is 4.90 Å². The highest BCUT2D eigenvalue weighted by atomic mass is 16.5. The Hall–Kier alpha value is -2.53. The van der Waals surface area contributed by atoms with Crippen molar-refractivity contribution in [2.75, 3.05) is 44.9 Å². The molecule has 1 aliphatic heterocycles. The highest BCUT2D eigenvalue weighted by Crippen LogP contribution is 2.20. The summed E-state index contributed by atoms with van der Waals surface area (Å²) in [6, 6.07) is 14.8. The largest absolute Gasteiger partial charge is 0.493 e. The molecule has 1 amide bonds. The van der Waals surface area contributed by atoms with E-state index in [9.17, 15) is 4.79 Å². The van der Waals surface area contributed by atoms with Crippen LogP contribution in [-0.2, 0) is 16.1 Å². The fourth-order valence-corrected chi connectivity index (χ4v) is 3.61. The second kappa shape index (κ2) is 11.0. The standard InChI is InChI=1S/C25H34N2O3/c1-20-7-8-21(2)24(18-20)30-15-5-4-6-25(28)26(3)19-22-9-11-23(12-10-22)27-13-16-29-17-14-27/h7-12,18H,4-6,13-17,19H2,1-3H3. The van der Waals surface area contributed by atoms with E-state index in [1.54, 1.807) is 0 Å². The SMILES string of the molecule is Cc1ccc(C)c(OCCCCC(=O)N(C)Cc2ccc(N3CCOCC3)cc2)c1. The van der Waals surface area contributed by atoms with Crippen molar-refractivity contribution in [2.45, 2.75) is 39.7 Å². The van der Waals surface area contributed by atoms with E-state index in [-0.39, 0.29) is 5.91 Å². The molecule has 0 saturated carbocycles. The predicted octanol–water partition coefficient (Wildman–Crippen LogP) is 4.35. The van der Waals surface area contributed by atoms with Crippen molar-refractivity contribution in [3.05, 3.63) is 59.2 Å². The molecular formula is C25H34N2O3. The number of aryl methyl sites for hydroxylation is 2. The second-order valence-corrected chi connectivity index (χ2v) is 8.09. The van der Waals surface area contributed by atoms with E-state index in [0.717, 1.165) is 56.0 Å². The van der Waals surface area contributed by atoms with Gasteiger partial charge in [0.05, 0.1) is 19.8 Å². The van der Waals surface area contributed by atoms with Crippen molar-refractivity contribution in [3.8, 4) is 5.75 Å². The van der Waals surface area contributed by atoms with Crippen LogP contribution < -0.4 is 9.64 Å². The number of carbonyl (C=O) groups is 1. The van der Waals surface area contributed by atoms with Gasteiger partial charge in [0.25, 0.3) is 0 Å². The van der Waals surface area contributed by atoms with E-state index in [4.69, 9.17) is 9.47 Å². The predicted molar refractivity (Wildman–Crippen MR) is 121 cm³/mol. The Labute approximate surface area is 180 Å². The molecule has 1 fully saturated rings. The molecule has 5 heteroatoms. The summed E-state index contributed by atoms with van der Waals surface area (Å²) in [5, 5.41) is 0. The second-order valence-electron chi connectivity index (χ2n) is 8.09. The number of anilines is 1. The first-order valence-corrected chi connectivity index (χ1v) is 10.9. The number of hydrogen-bond donors (Lipinski definition) is 0. The highest BCUT2D eigenvalue weighted by Gasteiger charge is 2.12. The summed E-state index contributed by atoms with van der Waals surface area (Å²) in [7, 11) is 1.88. The van der Waals surface area contributed by atoms with E-state index in [0.29, 0.717) is 19.6 Å². The number of rotatable bonds is 9. The summed E-state index contributed by atoms with van der Waals surface area (Å²) in [5.41, 5.74) is 4.72. The van der Waals surface area contributed by atoms with Gasteiger partial charge in [-0.25, -0.2) is 0 Å². The Bertz CT molecular complexity index is 814. The molecule has 3 rings (SSSR count). The number of carbonyl (C=O) groups excluding carboxylic acids is 1. The Morgan fingerprint density at radius 2 is 1.80 bits per heavy atom. The number of amides is 1. The van der Waals surface area contributed by atoms with Gasteiger partial charge in [0.1, 0.15) is 5.75 Å². The molecule has 2 aromatic carbocycles. The van der Waals surface area contributed by atoms with Crippen molar-refractivity contribution >= 4 is 11.6 Å². The molecule has 2 aromatic rings. The van der Waals surface area contributed by atoms with Gasteiger partial charge in [0, 0.05) is 38.8 Å². The number of hydrogen-bond acceptors (Lipinski definition) is 4. The van der Waals surface area contributed by atoms with Crippen LogP contribution >= 0.6 is 0 Å². The lowest BCUT2D eigenvalue weighted by Crippen LogP contribution is -2.36. The third-order valence-corrected chi connectivity index (χ3v) is 5.54. The molecular weight excluding hydrogens is 376 g/mol. The van der Waals surface area contributed by atoms with Gasteiger partial charge in [-0.3, -0.25) is 4.79 Å². The summed E-state index contributed by atoms with van der Waals surface area (Å²) >= 11 is 0. The number of unbranched alkanes of at least 4 members (excludes halogenated alkanes) is 1. The maximum atomic E-state index is 12.5. The third-order valence-electron chi connectivity index (χ3n) is 5.54. The van der Waals surface area contributed by atoms with E-state index >= 15 is 0 Å². The molecule has 0 aromatic heterocycles. The smallest absolute Gasteiger partial charge is 0.222 e. The van der Waals surface area contributed by atoms with Crippen LogP contribution in [-0.4, -0.2) is 50.8 Å². The minimum Gasteiger partial charge on any atom is -0.493 e. The summed E-state index contributed by atoms with van der Waals surface area (Å²) in [5.74, 6) is 1.12. The van der Waals surface area contributed by atoms with Gasteiger partial charge in [-0.1, -0.05) is 24.3 Å². The van der Waals surface area contributed by atoms with Crippen molar-refractivity contribution in [3.63, 3.8) is 0 Å². The normalized spacial score (nSPS) is 13.9. The van der Waals surface area contributed by atoms with Crippen molar-refractivity contribution in [1.29, 1.82) is 0 Å². The maximum absolute atomic E-state index is 12.5. The molecule has 0 radical (unpaired) electrons. The van der Waals surface area contributed by atoms with Crippen molar-refractivity contribution < 1.29 is 14.3 Å². The molecule has 0 bridgehead atoms. The topological polar surface area (TPSA) is 42.0 Å². The van der Waals surface area contributed by atoms with E-state index < -0.39 is 0 Å². The molecule has 1 aliphatic rings. The molecule has 0 aliphatic carbocycles. The lowest BCUT2D eigenvalue weighted by atomic mass is 10.1. The highest BCUT2D eigenvalue weighted by molar-refractivity contribution is 5.75. The third kappa shape index (κ3) is 6.49. The summed E-state index contributed by atoms with van der Waals surface area (Å²) in [6.07, 6.45) is 2.27.